The van der Waals surface area contributed by atoms with Gasteiger partial charge in [-0.2, -0.15) is 0 Å². The normalized spacial score (nSPS) is 21.5. The number of carboxylic acids is 1. The molecule has 0 unspecified atom stereocenters. The lowest BCUT2D eigenvalue weighted by atomic mass is 9.90. The van der Waals surface area contributed by atoms with Crippen LogP contribution in [0.4, 0.5) is 0 Å². The van der Waals surface area contributed by atoms with Crippen molar-refractivity contribution in [2.24, 2.45) is 0 Å². The summed E-state index contributed by atoms with van der Waals surface area (Å²) >= 11 is 0. The Bertz CT molecular complexity index is 273. The van der Waals surface area contributed by atoms with Crippen LogP contribution in [-0.4, -0.2) is 16.9 Å². The summed E-state index contributed by atoms with van der Waals surface area (Å²) in [5.41, 5.74) is 0.896. The second-order valence-corrected chi connectivity index (χ2v) is 2.79. The molecule has 0 aromatic carbocycles. The molecule has 12 heavy (non-hydrogen) atoms. The summed E-state index contributed by atoms with van der Waals surface area (Å²) in [5.74, 6) is -1.25. The van der Waals surface area contributed by atoms with Crippen LogP contribution < -0.4 is 0 Å². The molecule has 0 saturated heterocycles. The number of allylic oxidation sites excluding steroid dienone is 2. The van der Waals surface area contributed by atoms with Crippen molar-refractivity contribution < 1.29 is 14.7 Å². The molecule has 64 valence electrons. The molecule has 1 aliphatic carbocycles. The lowest BCUT2D eigenvalue weighted by molar-refractivity contribution is -0.131. The Morgan fingerprint density at radius 3 is 2.75 bits per heavy atom. The van der Waals surface area contributed by atoms with Crippen molar-refractivity contribution in [2.75, 3.05) is 0 Å². The zero-order valence-electron chi connectivity index (χ0n) is 6.67. The van der Waals surface area contributed by atoms with Crippen LogP contribution >= 0.6 is 0 Å². The summed E-state index contributed by atoms with van der Waals surface area (Å²) in [7, 11) is 0. The van der Waals surface area contributed by atoms with Crippen molar-refractivity contribution >= 4 is 11.8 Å². The van der Waals surface area contributed by atoms with E-state index in [1.165, 1.54) is 0 Å². The molecule has 0 aromatic heterocycles. The van der Waals surface area contributed by atoms with E-state index in [1.807, 2.05) is 0 Å². The third-order valence-corrected chi connectivity index (χ3v) is 1.84. The molecule has 0 radical (unpaired) electrons. The van der Waals surface area contributed by atoms with E-state index in [0.717, 1.165) is 12.5 Å². The average molecular weight is 166 g/mol. The monoisotopic (exact) mass is 166 g/mol. The number of hydrogen-bond donors (Lipinski definition) is 1. The van der Waals surface area contributed by atoms with Gasteiger partial charge in [-0.15, -0.1) is 0 Å². The van der Waals surface area contributed by atoms with E-state index in [4.69, 9.17) is 5.11 Å². The second kappa shape index (κ2) is 3.34. The van der Waals surface area contributed by atoms with Gasteiger partial charge < -0.3 is 5.11 Å². The molecule has 1 N–H and O–H groups in total. The van der Waals surface area contributed by atoms with Gasteiger partial charge in [0.2, 0.25) is 0 Å². The molecule has 3 nitrogen and oxygen atoms in total. The molecular weight excluding hydrogens is 156 g/mol. The van der Waals surface area contributed by atoms with Gasteiger partial charge in [0.05, 0.1) is 0 Å². The summed E-state index contributed by atoms with van der Waals surface area (Å²) in [5, 5.41) is 8.41. The number of Topliss-reactive ketones (excluding diaryl/α,β-unsaturated/α-hetero) is 1. The minimum Gasteiger partial charge on any atom is -0.478 e. The quantitative estimate of drug-likeness (QED) is 0.597. The highest BCUT2D eigenvalue weighted by atomic mass is 16.4. The van der Waals surface area contributed by atoms with Crippen LogP contribution in [0.5, 0.6) is 0 Å². The Hall–Kier alpha value is -1.38. The zero-order chi connectivity index (χ0) is 9.14. The van der Waals surface area contributed by atoms with Gasteiger partial charge in [-0.25, -0.2) is 4.79 Å². The van der Waals surface area contributed by atoms with Crippen LogP contribution in [0.25, 0.3) is 0 Å². The van der Waals surface area contributed by atoms with Crippen LogP contribution in [0.3, 0.4) is 0 Å². The number of carboxylic acid groups (broad SMARTS) is 1. The minimum atomic E-state index is -1.06. The van der Waals surface area contributed by atoms with Crippen LogP contribution in [0, 0.1) is 0 Å². The van der Waals surface area contributed by atoms with E-state index in [2.05, 4.69) is 6.58 Å². The zero-order valence-corrected chi connectivity index (χ0v) is 6.67. The summed E-state index contributed by atoms with van der Waals surface area (Å²) in [4.78, 5) is 21.5. The summed E-state index contributed by atoms with van der Waals surface area (Å²) in [6.07, 6.45) is 3.05. The molecule has 0 aromatic rings. The van der Waals surface area contributed by atoms with Gasteiger partial charge in [0.15, 0.2) is 5.78 Å². The Morgan fingerprint density at radius 1 is 1.50 bits per heavy atom. The Balaban J connectivity index is 2.84. The molecule has 0 atom stereocenters. The maximum absolute atomic E-state index is 11.2. The molecule has 0 bridgehead atoms. The molecule has 0 aliphatic heterocycles. The average Bonchev–Trinajstić information content (AvgIpc) is 1.98. The van der Waals surface area contributed by atoms with Gasteiger partial charge in [0.25, 0.3) is 0 Å². The van der Waals surface area contributed by atoms with Crippen molar-refractivity contribution in [3.63, 3.8) is 0 Å². The van der Waals surface area contributed by atoms with Gasteiger partial charge in [0, 0.05) is 11.6 Å². The first-order chi connectivity index (χ1) is 5.61. The predicted molar refractivity (Wildman–Crippen MR) is 43.7 cm³/mol. The molecule has 1 fully saturated rings. The first kappa shape index (κ1) is 8.71. The van der Waals surface area contributed by atoms with Crippen molar-refractivity contribution in [2.45, 2.75) is 19.3 Å². The number of aliphatic carboxylic acids is 1. The lowest BCUT2D eigenvalue weighted by Gasteiger charge is -2.13. The maximum atomic E-state index is 11.2. The third kappa shape index (κ3) is 1.81. The number of ketones is 1. The molecule has 1 rings (SSSR count). The highest BCUT2D eigenvalue weighted by molar-refractivity contribution is 6.10. The van der Waals surface area contributed by atoms with E-state index < -0.39 is 5.97 Å². The van der Waals surface area contributed by atoms with Crippen LogP contribution in [0.2, 0.25) is 0 Å². The van der Waals surface area contributed by atoms with Crippen molar-refractivity contribution in [3.8, 4) is 0 Å². The van der Waals surface area contributed by atoms with Crippen LogP contribution in [-0.2, 0) is 9.59 Å². The largest absolute Gasteiger partial charge is 0.478 e. The van der Waals surface area contributed by atoms with Gasteiger partial charge in [-0.3, -0.25) is 4.79 Å². The standard InChI is InChI=1S/C9H10O3/c1-6-3-2-4-7(9(6)12)5-8(10)11/h5H,1-4H2,(H,10,11)/b7-5+. The fourth-order valence-electron chi connectivity index (χ4n) is 1.23. The first-order valence-corrected chi connectivity index (χ1v) is 3.77. The molecule has 1 aliphatic rings. The number of hydrogen-bond acceptors (Lipinski definition) is 2. The van der Waals surface area contributed by atoms with Gasteiger partial charge in [-0.1, -0.05) is 6.58 Å². The van der Waals surface area contributed by atoms with E-state index in [-0.39, 0.29) is 5.78 Å². The van der Waals surface area contributed by atoms with Crippen molar-refractivity contribution in [1.29, 1.82) is 0 Å². The van der Waals surface area contributed by atoms with Crippen molar-refractivity contribution in [1.82, 2.24) is 0 Å². The molecule has 1 saturated carbocycles. The van der Waals surface area contributed by atoms with Gasteiger partial charge in [0.1, 0.15) is 0 Å². The maximum Gasteiger partial charge on any atom is 0.328 e. The molecular formula is C9H10O3. The molecule has 0 spiro atoms. The first-order valence-electron chi connectivity index (χ1n) is 3.77. The number of carbonyl (C=O) groups is 2. The van der Waals surface area contributed by atoms with E-state index in [9.17, 15) is 9.59 Å². The highest BCUT2D eigenvalue weighted by Crippen LogP contribution is 2.22. The fraction of sp³-hybridized carbons (Fsp3) is 0.333. The molecule has 0 heterocycles. The Morgan fingerprint density at radius 2 is 2.17 bits per heavy atom. The lowest BCUT2D eigenvalue weighted by Crippen LogP contribution is -2.12. The second-order valence-electron chi connectivity index (χ2n) is 2.79. The van der Waals surface area contributed by atoms with E-state index >= 15 is 0 Å². The Kier molecular flexibility index (Phi) is 2.43. The van der Waals surface area contributed by atoms with Crippen molar-refractivity contribution in [3.05, 3.63) is 23.8 Å². The van der Waals surface area contributed by atoms with Gasteiger partial charge >= 0.3 is 5.97 Å². The van der Waals surface area contributed by atoms with E-state index in [1.54, 1.807) is 0 Å². The highest BCUT2D eigenvalue weighted by Gasteiger charge is 2.19. The van der Waals surface area contributed by atoms with Crippen LogP contribution in [0.1, 0.15) is 19.3 Å². The fourth-order valence-corrected chi connectivity index (χ4v) is 1.23. The Labute approximate surface area is 70.4 Å². The number of carbonyl (C=O) groups excluding carboxylic acids is 1. The van der Waals surface area contributed by atoms with Gasteiger partial charge in [-0.05, 0) is 24.8 Å². The summed E-state index contributed by atoms with van der Waals surface area (Å²) in [6, 6.07) is 0. The summed E-state index contributed by atoms with van der Waals surface area (Å²) in [6.45, 7) is 3.57. The number of rotatable bonds is 1. The van der Waals surface area contributed by atoms with E-state index in [0.29, 0.717) is 24.0 Å². The van der Waals surface area contributed by atoms with Crippen LogP contribution in [0.15, 0.2) is 23.8 Å². The molecule has 0 amide bonds. The molecule has 3 heteroatoms. The SMILES string of the molecule is C=C1CCC/C(=C\C(=O)O)C1=O. The smallest absolute Gasteiger partial charge is 0.328 e. The predicted octanol–water partition coefficient (Wildman–Crippen LogP) is 1.31. The minimum absolute atomic E-state index is 0.191. The summed E-state index contributed by atoms with van der Waals surface area (Å²) < 4.78 is 0. The third-order valence-electron chi connectivity index (χ3n) is 1.84. The topological polar surface area (TPSA) is 54.4 Å².